The number of hydrogen-bond acceptors (Lipinski definition) is 5. The molecule has 0 spiro atoms. The highest BCUT2D eigenvalue weighted by atomic mass is 35.5. The van der Waals surface area contributed by atoms with Gasteiger partial charge in [0.25, 0.3) is 5.91 Å². The molecule has 0 saturated heterocycles. The summed E-state index contributed by atoms with van der Waals surface area (Å²) in [5.74, 6) is 0.0958. The first-order valence-electron chi connectivity index (χ1n) is 9.70. The Kier molecular flexibility index (Phi) is 5.44. The third-order valence-electron chi connectivity index (χ3n) is 5.12. The number of pyridine rings is 1. The number of fused-ring (bicyclic) bond motifs is 1. The van der Waals surface area contributed by atoms with E-state index in [9.17, 15) is 4.79 Å². The van der Waals surface area contributed by atoms with Crippen LogP contribution in [0.25, 0.3) is 20.9 Å². The summed E-state index contributed by atoms with van der Waals surface area (Å²) in [5, 5.41) is 0.717. The summed E-state index contributed by atoms with van der Waals surface area (Å²) in [5.41, 5.74) is 4.99. The fraction of sp³-hybridized carbons (Fsp3) is 0.0833. The number of rotatable bonds is 5. The van der Waals surface area contributed by atoms with Crippen LogP contribution in [0, 0.1) is 0 Å². The van der Waals surface area contributed by atoms with Gasteiger partial charge in [-0.05, 0) is 65.5 Å². The standard InChI is InChI=1S/C24H18ClN3OS2/c1-28-14-17-10-15(6-7-19(17)24(28)29)21-8-9-22(30-21)16-11-18(13-26-12-16)27-31-23-5-3-2-4-20(23)25/h2-13,27H,14H2,1H3. The number of halogens is 1. The van der Waals surface area contributed by atoms with Crippen molar-refractivity contribution in [1.29, 1.82) is 0 Å². The molecule has 0 saturated carbocycles. The molecule has 154 valence electrons. The Hall–Kier alpha value is -2.80. The Bertz CT molecular complexity index is 1290. The Labute approximate surface area is 194 Å². The van der Waals surface area contributed by atoms with Crippen molar-refractivity contribution in [3.05, 3.63) is 89.2 Å². The molecule has 0 aliphatic carbocycles. The summed E-state index contributed by atoms with van der Waals surface area (Å²) < 4.78 is 3.32. The molecule has 0 radical (unpaired) electrons. The van der Waals surface area contributed by atoms with E-state index in [1.165, 1.54) is 16.8 Å². The topological polar surface area (TPSA) is 45.2 Å². The predicted molar refractivity (Wildman–Crippen MR) is 130 cm³/mol. The van der Waals surface area contributed by atoms with E-state index in [-0.39, 0.29) is 5.91 Å². The third kappa shape index (κ3) is 4.06. The second-order valence-corrected chi connectivity index (χ2v) is 9.63. The lowest BCUT2D eigenvalue weighted by Gasteiger charge is -2.07. The van der Waals surface area contributed by atoms with Crippen LogP contribution < -0.4 is 4.72 Å². The van der Waals surface area contributed by atoms with Gasteiger partial charge in [-0.1, -0.05) is 29.8 Å². The normalized spacial score (nSPS) is 12.8. The summed E-state index contributed by atoms with van der Waals surface area (Å²) in [6.45, 7) is 0.668. The second kappa shape index (κ2) is 8.38. The van der Waals surface area contributed by atoms with E-state index in [2.05, 4.69) is 34.0 Å². The van der Waals surface area contributed by atoms with Crippen LogP contribution in [0.3, 0.4) is 0 Å². The van der Waals surface area contributed by atoms with Crippen LogP contribution in [0.5, 0.6) is 0 Å². The van der Waals surface area contributed by atoms with Gasteiger partial charge in [-0.25, -0.2) is 0 Å². The Balaban J connectivity index is 1.36. The van der Waals surface area contributed by atoms with Gasteiger partial charge >= 0.3 is 0 Å². The van der Waals surface area contributed by atoms with Crippen molar-refractivity contribution in [2.24, 2.45) is 0 Å². The zero-order valence-electron chi connectivity index (χ0n) is 16.6. The quantitative estimate of drug-likeness (QED) is 0.329. The lowest BCUT2D eigenvalue weighted by Crippen LogP contribution is -2.17. The maximum atomic E-state index is 12.1. The van der Waals surface area contributed by atoms with E-state index < -0.39 is 0 Å². The van der Waals surface area contributed by atoms with Gasteiger partial charge in [0.15, 0.2) is 0 Å². The summed E-state index contributed by atoms with van der Waals surface area (Å²) >= 11 is 9.42. The molecular weight excluding hydrogens is 446 g/mol. The molecule has 7 heteroatoms. The van der Waals surface area contributed by atoms with Crippen molar-refractivity contribution in [2.75, 3.05) is 11.8 Å². The van der Waals surface area contributed by atoms with Crippen molar-refractivity contribution >= 4 is 46.5 Å². The molecule has 3 heterocycles. The lowest BCUT2D eigenvalue weighted by atomic mass is 10.1. The number of amides is 1. The van der Waals surface area contributed by atoms with Crippen LogP contribution in [0.2, 0.25) is 5.02 Å². The SMILES string of the molecule is CN1Cc2cc(-c3ccc(-c4cncc(NSc5ccccc5Cl)c4)s3)ccc2C1=O. The zero-order valence-corrected chi connectivity index (χ0v) is 19.0. The van der Waals surface area contributed by atoms with Crippen LogP contribution in [0.1, 0.15) is 15.9 Å². The van der Waals surface area contributed by atoms with E-state index in [0.29, 0.717) is 11.6 Å². The molecule has 2 aromatic heterocycles. The van der Waals surface area contributed by atoms with E-state index in [1.807, 2.05) is 49.6 Å². The average molecular weight is 464 g/mol. The molecule has 1 amide bonds. The number of carbonyl (C=O) groups is 1. The van der Waals surface area contributed by atoms with Crippen molar-refractivity contribution in [3.63, 3.8) is 0 Å². The number of carbonyl (C=O) groups excluding carboxylic acids is 1. The minimum Gasteiger partial charge on any atom is -0.337 e. The van der Waals surface area contributed by atoms with Crippen LogP contribution in [-0.2, 0) is 6.54 Å². The molecule has 4 aromatic rings. The average Bonchev–Trinajstić information content (AvgIpc) is 3.38. The summed E-state index contributed by atoms with van der Waals surface area (Å²) in [6.07, 6.45) is 3.67. The van der Waals surface area contributed by atoms with Gasteiger partial charge in [0, 0.05) is 45.6 Å². The van der Waals surface area contributed by atoms with Gasteiger partial charge < -0.3 is 9.62 Å². The Morgan fingerprint density at radius 3 is 2.68 bits per heavy atom. The molecule has 1 aliphatic rings. The molecule has 0 unspecified atom stereocenters. The summed E-state index contributed by atoms with van der Waals surface area (Å²) in [4.78, 5) is 21.6. The first kappa shape index (κ1) is 20.1. The van der Waals surface area contributed by atoms with Gasteiger partial charge in [-0.2, -0.15) is 0 Å². The largest absolute Gasteiger partial charge is 0.337 e. The number of aromatic nitrogens is 1. The van der Waals surface area contributed by atoms with Crippen molar-refractivity contribution in [1.82, 2.24) is 9.88 Å². The Morgan fingerprint density at radius 2 is 1.84 bits per heavy atom. The number of benzene rings is 2. The van der Waals surface area contributed by atoms with Crippen LogP contribution in [0.15, 0.2) is 78.0 Å². The van der Waals surface area contributed by atoms with Gasteiger partial charge in [-0.15, -0.1) is 11.3 Å². The third-order valence-corrected chi connectivity index (χ3v) is 7.66. The molecule has 5 rings (SSSR count). The Morgan fingerprint density at radius 1 is 1.03 bits per heavy atom. The molecule has 2 aromatic carbocycles. The van der Waals surface area contributed by atoms with E-state index in [1.54, 1.807) is 22.4 Å². The molecule has 1 aliphatic heterocycles. The molecule has 0 bridgehead atoms. The number of thiophene rings is 1. The number of anilines is 1. The van der Waals surface area contributed by atoms with E-state index >= 15 is 0 Å². The number of nitrogens with one attached hydrogen (secondary N) is 1. The molecular formula is C24H18ClN3OS2. The van der Waals surface area contributed by atoms with Gasteiger partial charge in [0.2, 0.25) is 0 Å². The first-order valence-corrected chi connectivity index (χ1v) is 11.7. The lowest BCUT2D eigenvalue weighted by molar-refractivity contribution is 0.0816. The number of hydrogen-bond donors (Lipinski definition) is 1. The van der Waals surface area contributed by atoms with E-state index in [0.717, 1.165) is 37.7 Å². The highest BCUT2D eigenvalue weighted by Gasteiger charge is 2.24. The summed E-state index contributed by atoms with van der Waals surface area (Å²) in [6, 6.07) is 20.2. The maximum absolute atomic E-state index is 12.1. The van der Waals surface area contributed by atoms with Gasteiger partial charge in [-0.3, -0.25) is 9.78 Å². The highest BCUT2D eigenvalue weighted by molar-refractivity contribution is 8.00. The number of nitrogens with zero attached hydrogens (tertiary/aromatic N) is 2. The fourth-order valence-electron chi connectivity index (χ4n) is 3.54. The van der Waals surface area contributed by atoms with Gasteiger partial charge in [0.05, 0.1) is 16.9 Å². The minimum absolute atomic E-state index is 0.0958. The fourth-order valence-corrected chi connectivity index (χ4v) is 5.43. The zero-order chi connectivity index (χ0) is 21.4. The molecule has 4 nitrogen and oxygen atoms in total. The van der Waals surface area contributed by atoms with Crippen molar-refractivity contribution in [2.45, 2.75) is 11.4 Å². The van der Waals surface area contributed by atoms with Gasteiger partial charge in [0.1, 0.15) is 0 Å². The first-order chi connectivity index (χ1) is 15.1. The second-order valence-electron chi connectivity index (χ2n) is 7.29. The molecule has 0 fully saturated rings. The molecule has 1 N–H and O–H groups in total. The minimum atomic E-state index is 0.0958. The highest BCUT2D eigenvalue weighted by Crippen LogP contribution is 2.37. The molecule has 0 atom stereocenters. The van der Waals surface area contributed by atoms with Crippen molar-refractivity contribution < 1.29 is 4.79 Å². The van der Waals surface area contributed by atoms with E-state index in [4.69, 9.17) is 11.6 Å². The van der Waals surface area contributed by atoms with Crippen LogP contribution in [0.4, 0.5) is 5.69 Å². The monoisotopic (exact) mass is 463 g/mol. The smallest absolute Gasteiger partial charge is 0.254 e. The maximum Gasteiger partial charge on any atom is 0.254 e. The molecule has 31 heavy (non-hydrogen) atoms. The predicted octanol–water partition coefficient (Wildman–Crippen LogP) is 6.84. The summed E-state index contributed by atoms with van der Waals surface area (Å²) in [7, 11) is 1.84. The van der Waals surface area contributed by atoms with Crippen LogP contribution >= 0.6 is 34.9 Å². The van der Waals surface area contributed by atoms with Crippen LogP contribution in [-0.4, -0.2) is 22.8 Å². The van der Waals surface area contributed by atoms with Crippen molar-refractivity contribution in [3.8, 4) is 20.9 Å².